The SMILES string of the molecule is CC(C1CCNCC1)N1CCN(CCCCCOc2ccc(C(=O)c3ccc(Cl)cc3)cc2)CC1. The van der Waals surface area contributed by atoms with Crippen molar-refractivity contribution in [2.24, 2.45) is 5.92 Å². The molecule has 2 heterocycles. The van der Waals surface area contributed by atoms with Crippen molar-refractivity contribution in [3.8, 4) is 5.75 Å². The smallest absolute Gasteiger partial charge is 0.193 e. The van der Waals surface area contributed by atoms with Gasteiger partial charge in [0.05, 0.1) is 6.61 Å². The molecule has 2 saturated heterocycles. The first kappa shape index (κ1) is 26.2. The molecule has 2 aromatic rings. The molecular weight excluding hydrogens is 458 g/mol. The van der Waals surface area contributed by atoms with Gasteiger partial charge in [0.2, 0.25) is 0 Å². The van der Waals surface area contributed by atoms with Crippen LogP contribution in [-0.4, -0.2) is 74.0 Å². The van der Waals surface area contributed by atoms with Crippen LogP contribution in [0.25, 0.3) is 0 Å². The fourth-order valence-corrected chi connectivity index (χ4v) is 5.42. The van der Waals surface area contributed by atoms with Gasteiger partial charge in [0, 0.05) is 48.4 Å². The Labute approximate surface area is 215 Å². The third-order valence-corrected chi connectivity index (χ3v) is 7.91. The van der Waals surface area contributed by atoms with Crippen LogP contribution in [0.1, 0.15) is 54.9 Å². The number of carbonyl (C=O) groups excluding carboxylic acids is 1. The number of nitrogens with zero attached hydrogens (tertiary/aromatic N) is 2. The number of hydrogen-bond acceptors (Lipinski definition) is 5. The van der Waals surface area contributed by atoms with Crippen LogP contribution in [0.5, 0.6) is 5.75 Å². The first-order chi connectivity index (χ1) is 17.1. The molecule has 0 saturated carbocycles. The average Bonchev–Trinajstić information content (AvgIpc) is 2.91. The van der Waals surface area contributed by atoms with Gasteiger partial charge in [-0.15, -0.1) is 0 Å². The van der Waals surface area contributed by atoms with Crippen LogP contribution in [-0.2, 0) is 0 Å². The maximum atomic E-state index is 12.6. The minimum atomic E-state index is -0.00482. The van der Waals surface area contributed by atoms with E-state index >= 15 is 0 Å². The monoisotopic (exact) mass is 497 g/mol. The number of ether oxygens (including phenoxy) is 1. The number of benzene rings is 2. The van der Waals surface area contributed by atoms with Crippen LogP contribution >= 0.6 is 11.6 Å². The van der Waals surface area contributed by atoms with E-state index in [0.717, 1.165) is 24.1 Å². The van der Waals surface area contributed by atoms with Gasteiger partial charge < -0.3 is 15.0 Å². The second kappa shape index (κ2) is 13.4. The largest absolute Gasteiger partial charge is 0.494 e. The van der Waals surface area contributed by atoms with Crippen molar-refractivity contribution in [3.63, 3.8) is 0 Å². The Hall–Kier alpha value is -1.92. The second-order valence-corrected chi connectivity index (χ2v) is 10.4. The summed E-state index contributed by atoms with van der Waals surface area (Å²) in [5.41, 5.74) is 1.30. The molecule has 1 atom stereocenters. The van der Waals surface area contributed by atoms with Gasteiger partial charge in [-0.05, 0) is 113 Å². The number of piperazine rings is 1. The van der Waals surface area contributed by atoms with Gasteiger partial charge in [0.25, 0.3) is 0 Å². The molecule has 6 heteroatoms. The van der Waals surface area contributed by atoms with Crippen molar-refractivity contribution in [1.29, 1.82) is 0 Å². The summed E-state index contributed by atoms with van der Waals surface area (Å²) in [6.07, 6.45) is 6.11. The number of piperidine rings is 1. The van der Waals surface area contributed by atoms with Crippen LogP contribution in [0.2, 0.25) is 5.02 Å². The fourth-order valence-electron chi connectivity index (χ4n) is 5.29. The highest BCUT2D eigenvalue weighted by Crippen LogP contribution is 2.22. The number of unbranched alkanes of at least 4 members (excludes halogenated alkanes) is 2. The molecule has 2 aromatic carbocycles. The van der Waals surface area contributed by atoms with Crippen LogP contribution in [0.3, 0.4) is 0 Å². The van der Waals surface area contributed by atoms with Crippen LogP contribution in [0.4, 0.5) is 0 Å². The molecule has 190 valence electrons. The van der Waals surface area contributed by atoms with Crippen LogP contribution in [0.15, 0.2) is 48.5 Å². The number of carbonyl (C=O) groups is 1. The molecule has 1 N–H and O–H groups in total. The summed E-state index contributed by atoms with van der Waals surface area (Å²) in [6, 6.07) is 15.1. The lowest BCUT2D eigenvalue weighted by Crippen LogP contribution is -2.52. The normalized spacial score (nSPS) is 18.9. The lowest BCUT2D eigenvalue weighted by atomic mass is 9.90. The topological polar surface area (TPSA) is 44.8 Å². The molecule has 0 aliphatic carbocycles. The predicted molar refractivity (Wildman–Crippen MR) is 144 cm³/mol. The first-order valence-electron chi connectivity index (χ1n) is 13.3. The average molecular weight is 498 g/mol. The molecule has 2 fully saturated rings. The predicted octanol–water partition coefficient (Wildman–Crippen LogP) is 5.13. The van der Waals surface area contributed by atoms with E-state index in [2.05, 4.69) is 22.0 Å². The molecule has 0 radical (unpaired) electrons. The highest BCUT2D eigenvalue weighted by atomic mass is 35.5. The molecule has 1 unspecified atom stereocenters. The maximum absolute atomic E-state index is 12.6. The van der Waals surface area contributed by atoms with E-state index in [9.17, 15) is 4.79 Å². The van der Waals surface area contributed by atoms with Gasteiger partial charge in [-0.1, -0.05) is 11.6 Å². The van der Waals surface area contributed by atoms with Crippen molar-refractivity contribution in [3.05, 3.63) is 64.7 Å². The molecule has 0 amide bonds. The summed E-state index contributed by atoms with van der Waals surface area (Å²) in [7, 11) is 0. The Bertz CT molecular complexity index is 905. The summed E-state index contributed by atoms with van der Waals surface area (Å²) >= 11 is 5.91. The lowest BCUT2D eigenvalue weighted by Gasteiger charge is -2.42. The summed E-state index contributed by atoms with van der Waals surface area (Å²) in [5.74, 6) is 1.68. The van der Waals surface area contributed by atoms with Crippen molar-refractivity contribution in [2.45, 2.75) is 45.1 Å². The Kier molecular flexibility index (Phi) is 10.0. The highest BCUT2D eigenvalue weighted by Gasteiger charge is 2.27. The van der Waals surface area contributed by atoms with Gasteiger partial charge in [0.1, 0.15) is 5.75 Å². The molecule has 35 heavy (non-hydrogen) atoms. The van der Waals surface area contributed by atoms with E-state index in [1.807, 2.05) is 24.3 Å². The quantitative estimate of drug-likeness (QED) is 0.344. The summed E-state index contributed by atoms with van der Waals surface area (Å²) < 4.78 is 5.90. The van der Waals surface area contributed by atoms with E-state index in [0.29, 0.717) is 22.8 Å². The van der Waals surface area contributed by atoms with Crippen molar-refractivity contribution in [1.82, 2.24) is 15.1 Å². The first-order valence-corrected chi connectivity index (χ1v) is 13.7. The molecule has 4 rings (SSSR count). The number of halogens is 1. The van der Waals surface area contributed by atoms with Gasteiger partial charge >= 0.3 is 0 Å². The molecule has 0 aromatic heterocycles. The Morgan fingerprint density at radius 2 is 1.57 bits per heavy atom. The summed E-state index contributed by atoms with van der Waals surface area (Å²) in [4.78, 5) is 17.9. The van der Waals surface area contributed by atoms with Crippen LogP contribution < -0.4 is 10.1 Å². The van der Waals surface area contributed by atoms with Gasteiger partial charge in [0.15, 0.2) is 5.78 Å². The molecule has 2 aliphatic rings. The third kappa shape index (κ3) is 7.78. The van der Waals surface area contributed by atoms with Crippen molar-refractivity contribution in [2.75, 3.05) is 52.4 Å². The third-order valence-electron chi connectivity index (χ3n) is 7.66. The fraction of sp³-hybridized carbons (Fsp3) is 0.552. The zero-order valence-electron chi connectivity index (χ0n) is 21.1. The molecule has 0 bridgehead atoms. The van der Waals surface area contributed by atoms with E-state index < -0.39 is 0 Å². The van der Waals surface area contributed by atoms with E-state index in [4.69, 9.17) is 16.3 Å². The summed E-state index contributed by atoms with van der Waals surface area (Å²) in [6.45, 7) is 11.6. The van der Waals surface area contributed by atoms with Gasteiger partial charge in [-0.2, -0.15) is 0 Å². The minimum absolute atomic E-state index is 0.00482. The van der Waals surface area contributed by atoms with E-state index in [-0.39, 0.29) is 5.78 Å². The van der Waals surface area contributed by atoms with E-state index in [1.165, 1.54) is 71.5 Å². The maximum Gasteiger partial charge on any atom is 0.193 e. The molecular formula is C29H40ClN3O2. The van der Waals surface area contributed by atoms with Crippen LogP contribution in [0, 0.1) is 5.92 Å². The van der Waals surface area contributed by atoms with Crippen molar-refractivity contribution >= 4 is 17.4 Å². The van der Waals surface area contributed by atoms with Crippen molar-refractivity contribution < 1.29 is 9.53 Å². The zero-order valence-corrected chi connectivity index (χ0v) is 21.8. The summed E-state index contributed by atoms with van der Waals surface area (Å²) in [5, 5.41) is 4.12. The standard InChI is InChI=1S/C29H40ClN3O2/c1-23(24-13-15-31-16-14-24)33-20-18-32(19-21-33)17-3-2-4-22-35-28-11-7-26(8-12-28)29(34)25-5-9-27(30)10-6-25/h5-12,23-24,31H,2-4,13-22H2,1H3. The highest BCUT2D eigenvalue weighted by molar-refractivity contribution is 6.30. The lowest BCUT2D eigenvalue weighted by molar-refractivity contribution is 0.0678. The molecule has 2 aliphatic heterocycles. The van der Waals surface area contributed by atoms with Gasteiger partial charge in [-0.3, -0.25) is 9.69 Å². The zero-order chi connectivity index (χ0) is 24.5. The minimum Gasteiger partial charge on any atom is -0.494 e. The van der Waals surface area contributed by atoms with Gasteiger partial charge in [-0.25, -0.2) is 0 Å². The number of rotatable bonds is 11. The molecule has 5 nitrogen and oxygen atoms in total. The Balaban J connectivity index is 1.07. The number of ketones is 1. The molecule has 0 spiro atoms. The second-order valence-electron chi connectivity index (χ2n) is 9.98. The Morgan fingerprint density at radius 3 is 2.23 bits per heavy atom. The van der Waals surface area contributed by atoms with E-state index in [1.54, 1.807) is 24.3 Å². The number of hydrogen-bond donors (Lipinski definition) is 1. The Morgan fingerprint density at radius 1 is 0.943 bits per heavy atom. The number of nitrogens with one attached hydrogen (secondary N) is 1.